The maximum atomic E-state index is 11.3. The number of halogens is 1. The molecule has 0 bridgehead atoms. The third kappa shape index (κ3) is 6.05. The van der Waals surface area contributed by atoms with Gasteiger partial charge in [-0.1, -0.05) is 29.8 Å². The molecule has 0 aromatic rings. The number of alkyl halides is 1. The zero-order valence-electron chi connectivity index (χ0n) is 8.47. The van der Waals surface area contributed by atoms with E-state index in [4.69, 9.17) is 4.74 Å². The molecule has 1 N–H and O–H groups in total. The van der Waals surface area contributed by atoms with Crippen molar-refractivity contribution >= 4 is 21.8 Å². The highest BCUT2D eigenvalue weighted by atomic mass is 79.9. The normalized spacial score (nSPS) is 13.0. The second kappa shape index (κ2) is 7.33. The lowest BCUT2D eigenvalue weighted by Gasteiger charge is -2.13. The van der Waals surface area contributed by atoms with Gasteiger partial charge in [-0.15, -0.1) is 0 Å². The van der Waals surface area contributed by atoms with Gasteiger partial charge in [-0.05, 0) is 12.3 Å². The predicted octanol–water partition coefficient (Wildman–Crippen LogP) is 1.56. The van der Waals surface area contributed by atoms with Crippen LogP contribution in [-0.2, 0) is 9.53 Å². The van der Waals surface area contributed by atoms with Gasteiger partial charge < -0.3 is 10.1 Å². The molecule has 13 heavy (non-hydrogen) atoms. The van der Waals surface area contributed by atoms with E-state index in [0.29, 0.717) is 19.1 Å². The lowest BCUT2D eigenvalue weighted by Crippen LogP contribution is -2.34. The average Bonchev–Trinajstić information content (AvgIpc) is 2.10. The van der Waals surface area contributed by atoms with Crippen LogP contribution >= 0.6 is 15.9 Å². The second-order valence-electron chi connectivity index (χ2n) is 3.28. The fraction of sp³-hybridized carbons (Fsp3) is 0.889. The summed E-state index contributed by atoms with van der Waals surface area (Å²) in [7, 11) is 1.66. The molecular formula is C9H18BrNO2. The zero-order chi connectivity index (χ0) is 10.3. The topological polar surface area (TPSA) is 38.3 Å². The molecule has 78 valence electrons. The molecule has 0 aromatic heterocycles. The minimum Gasteiger partial charge on any atom is -0.385 e. The molecule has 0 aliphatic rings. The summed E-state index contributed by atoms with van der Waals surface area (Å²) < 4.78 is 4.87. The Balaban J connectivity index is 3.50. The summed E-state index contributed by atoms with van der Waals surface area (Å²) in [5.74, 6) is 0.383. The van der Waals surface area contributed by atoms with E-state index in [1.54, 1.807) is 7.11 Å². The molecule has 0 radical (unpaired) electrons. The molecular weight excluding hydrogens is 234 g/mol. The quantitative estimate of drug-likeness (QED) is 0.575. The van der Waals surface area contributed by atoms with Crippen LogP contribution in [0.1, 0.15) is 20.3 Å². The standard InChI is InChI=1S/C9H18BrNO2/c1-7(2)8(10)9(12)11-5-4-6-13-3/h7-8H,4-6H2,1-3H3,(H,11,12). The van der Waals surface area contributed by atoms with E-state index in [2.05, 4.69) is 21.2 Å². The SMILES string of the molecule is COCCCNC(=O)C(Br)C(C)C. The molecule has 1 atom stereocenters. The summed E-state index contributed by atoms with van der Waals surface area (Å²) in [5, 5.41) is 2.83. The first kappa shape index (κ1) is 12.9. The van der Waals surface area contributed by atoms with Gasteiger partial charge in [0, 0.05) is 20.3 Å². The number of rotatable bonds is 6. The van der Waals surface area contributed by atoms with Gasteiger partial charge in [0.05, 0.1) is 4.83 Å². The van der Waals surface area contributed by atoms with E-state index in [0.717, 1.165) is 6.42 Å². The van der Waals surface area contributed by atoms with Gasteiger partial charge in [-0.25, -0.2) is 0 Å². The number of hydrogen-bond acceptors (Lipinski definition) is 2. The maximum Gasteiger partial charge on any atom is 0.234 e. The Morgan fingerprint density at radius 3 is 2.62 bits per heavy atom. The summed E-state index contributed by atoms with van der Waals surface area (Å²) in [5.41, 5.74) is 0. The second-order valence-corrected chi connectivity index (χ2v) is 4.27. The lowest BCUT2D eigenvalue weighted by atomic mass is 10.1. The molecule has 0 aliphatic heterocycles. The highest BCUT2D eigenvalue weighted by Crippen LogP contribution is 2.11. The lowest BCUT2D eigenvalue weighted by molar-refractivity contribution is -0.121. The van der Waals surface area contributed by atoms with Gasteiger partial charge >= 0.3 is 0 Å². The van der Waals surface area contributed by atoms with Crippen LogP contribution in [0, 0.1) is 5.92 Å². The Hall–Kier alpha value is -0.0900. The van der Waals surface area contributed by atoms with E-state index in [1.807, 2.05) is 13.8 Å². The van der Waals surface area contributed by atoms with Gasteiger partial charge in [0.2, 0.25) is 5.91 Å². The number of carbonyl (C=O) groups is 1. The Kier molecular flexibility index (Phi) is 7.28. The molecule has 0 aromatic carbocycles. The number of carbonyl (C=O) groups excluding carboxylic acids is 1. The first-order chi connectivity index (χ1) is 6.09. The van der Waals surface area contributed by atoms with Crippen molar-refractivity contribution in [2.45, 2.75) is 25.1 Å². The maximum absolute atomic E-state index is 11.3. The van der Waals surface area contributed by atoms with Gasteiger partial charge in [0.1, 0.15) is 0 Å². The highest BCUT2D eigenvalue weighted by molar-refractivity contribution is 9.10. The fourth-order valence-corrected chi connectivity index (χ4v) is 0.990. The third-order valence-electron chi connectivity index (χ3n) is 1.66. The number of amides is 1. The number of nitrogens with one attached hydrogen (secondary N) is 1. The van der Waals surface area contributed by atoms with E-state index in [-0.39, 0.29) is 10.7 Å². The average molecular weight is 252 g/mol. The summed E-state index contributed by atoms with van der Waals surface area (Å²) in [6.07, 6.45) is 0.861. The van der Waals surface area contributed by atoms with Crippen molar-refractivity contribution in [3.8, 4) is 0 Å². The molecule has 0 fully saturated rings. The van der Waals surface area contributed by atoms with E-state index in [9.17, 15) is 4.79 Å². The Morgan fingerprint density at radius 1 is 1.54 bits per heavy atom. The van der Waals surface area contributed by atoms with E-state index >= 15 is 0 Å². The van der Waals surface area contributed by atoms with Crippen LogP contribution in [0.5, 0.6) is 0 Å². The van der Waals surface area contributed by atoms with Crippen molar-refractivity contribution in [2.24, 2.45) is 5.92 Å². The largest absolute Gasteiger partial charge is 0.385 e. The van der Waals surface area contributed by atoms with E-state index in [1.165, 1.54) is 0 Å². The van der Waals surface area contributed by atoms with Crippen LogP contribution in [0.3, 0.4) is 0 Å². The molecule has 0 rings (SSSR count). The van der Waals surface area contributed by atoms with Crippen LogP contribution in [0.2, 0.25) is 0 Å². The minimum atomic E-state index is -0.0879. The molecule has 0 saturated heterocycles. The molecule has 0 aliphatic carbocycles. The first-order valence-electron chi connectivity index (χ1n) is 4.50. The van der Waals surface area contributed by atoms with Crippen LogP contribution in [0.4, 0.5) is 0 Å². The van der Waals surface area contributed by atoms with Crippen molar-refractivity contribution < 1.29 is 9.53 Å². The summed E-state index contributed by atoms with van der Waals surface area (Å²) >= 11 is 3.33. The van der Waals surface area contributed by atoms with Crippen LogP contribution in [-0.4, -0.2) is 31.0 Å². The Bertz CT molecular complexity index is 151. The minimum absolute atomic E-state index is 0.0612. The van der Waals surface area contributed by atoms with Crippen LogP contribution in [0.25, 0.3) is 0 Å². The van der Waals surface area contributed by atoms with E-state index < -0.39 is 0 Å². The van der Waals surface area contributed by atoms with Gasteiger partial charge in [0.15, 0.2) is 0 Å². The molecule has 0 spiro atoms. The monoisotopic (exact) mass is 251 g/mol. The molecule has 0 heterocycles. The highest BCUT2D eigenvalue weighted by Gasteiger charge is 2.17. The smallest absolute Gasteiger partial charge is 0.234 e. The van der Waals surface area contributed by atoms with Crippen molar-refractivity contribution in [2.75, 3.05) is 20.3 Å². The Labute approximate surface area is 88.4 Å². The number of ether oxygens (including phenoxy) is 1. The Morgan fingerprint density at radius 2 is 2.15 bits per heavy atom. The van der Waals surface area contributed by atoms with Crippen LogP contribution in [0.15, 0.2) is 0 Å². The third-order valence-corrected chi connectivity index (χ3v) is 3.13. The van der Waals surface area contributed by atoms with Crippen LogP contribution < -0.4 is 5.32 Å². The predicted molar refractivity (Wildman–Crippen MR) is 57.1 cm³/mol. The molecule has 4 heteroatoms. The fourth-order valence-electron chi connectivity index (χ4n) is 0.828. The van der Waals surface area contributed by atoms with Crippen molar-refractivity contribution in [1.29, 1.82) is 0 Å². The summed E-state index contributed by atoms with van der Waals surface area (Å²) in [6, 6.07) is 0. The van der Waals surface area contributed by atoms with Crippen molar-refractivity contribution in [3.63, 3.8) is 0 Å². The number of hydrogen-bond donors (Lipinski definition) is 1. The molecule has 1 unspecified atom stereocenters. The van der Waals surface area contributed by atoms with Gasteiger partial charge in [-0.3, -0.25) is 4.79 Å². The molecule has 0 saturated carbocycles. The summed E-state index contributed by atoms with van der Waals surface area (Å²) in [4.78, 5) is 11.3. The van der Waals surface area contributed by atoms with Gasteiger partial charge in [0.25, 0.3) is 0 Å². The van der Waals surface area contributed by atoms with Crippen molar-refractivity contribution in [1.82, 2.24) is 5.32 Å². The molecule has 3 nitrogen and oxygen atoms in total. The summed E-state index contributed by atoms with van der Waals surface area (Å²) in [6.45, 7) is 5.39. The zero-order valence-corrected chi connectivity index (χ0v) is 10.1. The molecule has 1 amide bonds. The van der Waals surface area contributed by atoms with Gasteiger partial charge in [-0.2, -0.15) is 0 Å². The van der Waals surface area contributed by atoms with Crippen molar-refractivity contribution in [3.05, 3.63) is 0 Å². The number of methoxy groups -OCH3 is 1. The first-order valence-corrected chi connectivity index (χ1v) is 5.42.